The highest BCUT2D eigenvalue weighted by Gasteiger charge is 2.10. The van der Waals surface area contributed by atoms with Gasteiger partial charge in [-0.25, -0.2) is 4.98 Å². The van der Waals surface area contributed by atoms with Crippen LogP contribution < -0.4 is 0 Å². The van der Waals surface area contributed by atoms with Crippen molar-refractivity contribution in [3.8, 4) is 6.07 Å². The summed E-state index contributed by atoms with van der Waals surface area (Å²) in [6.45, 7) is 0. The van der Waals surface area contributed by atoms with Gasteiger partial charge in [0.05, 0.1) is 0 Å². The molecule has 0 amide bonds. The van der Waals surface area contributed by atoms with Gasteiger partial charge in [0.15, 0.2) is 5.58 Å². The van der Waals surface area contributed by atoms with Crippen molar-refractivity contribution < 1.29 is 4.42 Å². The van der Waals surface area contributed by atoms with Crippen LogP contribution in [-0.2, 0) is 0 Å². The molecule has 2 rings (SSSR count). The van der Waals surface area contributed by atoms with Crippen LogP contribution in [0.4, 0.5) is 0 Å². The standard InChI is InChI=1S/C12H11N3O/c1-15(2)8-9(7-13)12-14-10-5-3-4-6-11(10)16-12/h3-6,8H,1-2H3. The molecule has 0 aliphatic heterocycles. The number of fused-ring (bicyclic) bond motifs is 1. The second-order valence-corrected chi connectivity index (χ2v) is 3.60. The molecule has 0 saturated carbocycles. The van der Waals surface area contributed by atoms with E-state index in [0.29, 0.717) is 17.0 Å². The molecule has 0 unspecified atom stereocenters. The Hall–Kier alpha value is -2.28. The zero-order chi connectivity index (χ0) is 11.5. The van der Waals surface area contributed by atoms with Crippen LogP contribution in [0.3, 0.4) is 0 Å². The number of nitriles is 1. The SMILES string of the molecule is CN(C)C=C(C#N)c1nc2ccccc2o1. The van der Waals surface area contributed by atoms with Crippen LogP contribution >= 0.6 is 0 Å². The van der Waals surface area contributed by atoms with E-state index in [2.05, 4.69) is 11.1 Å². The fourth-order valence-electron chi connectivity index (χ4n) is 1.38. The smallest absolute Gasteiger partial charge is 0.239 e. The highest BCUT2D eigenvalue weighted by atomic mass is 16.3. The molecule has 0 saturated heterocycles. The van der Waals surface area contributed by atoms with Gasteiger partial charge in [-0.1, -0.05) is 12.1 Å². The summed E-state index contributed by atoms with van der Waals surface area (Å²) in [5, 5.41) is 9.01. The molecule has 0 radical (unpaired) electrons. The van der Waals surface area contributed by atoms with E-state index in [1.54, 1.807) is 11.1 Å². The lowest BCUT2D eigenvalue weighted by Gasteiger charge is -2.03. The summed E-state index contributed by atoms with van der Waals surface area (Å²) in [6, 6.07) is 9.52. The van der Waals surface area contributed by atoms with Gasteiger partial charge >= 0.3 is 0 Å². The molecule has 0 atom stereocenters. The first kappa shape index (κ1) is 10.2. The molecule has 0 spiro atoms. The van der Waals surface area contributed by atoms with Gasteiger partial charge < -0.3 is 9.32 Å². The summed E-state index contributed by atoms with van der Waals surface area (Å²) >= 11 is 0. The average Bonchev–Trinajstić information content (AvgIpc) is 2.68. The molecule has 1 heterocycles. The summed E-state index contributed by atoms with van der Waals surface area (Å²) in [5.41, 5.74) is 1.87. The Morgan fingerprint density at radius 2 is 2.19 bits per heavy atom. The molecule has 16 heavy (non-hydrogen) atoms. The summed E-state index contributed by atoms with van der Waals surface area (Å²) in [7, 11) is 3.69. The third-order valence-corrected chi connectivity index (χ3v) is 2.03. The largest absolute Gasteiger partial charge is 0.435 e. The first-order chi connectivity index (χ1) is 7.70. The molecule has 0 N–H and O–H groups in total. The van der Waals surface area contributed by atoms with E-state index < -0.39 is 0 Å². The van der Waals surface area contributed by atoms with Gasteiger partial charge in [0.1, 0.15) is 17.2 Å². The summed E-state index contributed by atoms with van der Waals surface area (Å²) in [6.07, 6.45) is 1.69. The second kappa shape index (κ2) is 4.07. The van der Waals surface area contributed by atoms with Gasteiger partial charge in [0.2, 0.25) is 5.89 Å². The Morgan fingerprint density at radius 1 is 1.44 bits per heavy atom. The fourth-order valence-corrected chi connectivity index (χ4v) is 1.38. The first-order valence-electron chi connectivity index (χ1n) is 4.85. The zero-order valence-corrected chi connectivity index (χ0v) is 9.14. The van der Waals surface area contributed by atoms with E-state index in [1.165, 1.54) is 0 Å². The van der Waals surface area contributed by atoms with Gasteiger partial charge in [-0.05, 0) is 12.1 Å². The van der Waals surface area contributed by atoms with E-state index in [9.17, 15) is 0 Å². The van der Waals surface area contributed by atoms with Crippen molar-refractivity contribution in [2.24, 2.45) is 0 Å². The average molecular weight is 213 g/mol. The molecule has 1 aromatic carbocycles. The molecule has 1 aromatic heterocycles. The van der Waals surface area contributed by atoms with E-state index in [-0.39, 0.29) is 0 Å². The molecule has 0 aliphatic carbocycles. The highest BCUT2D eigenvalue weighted by Crippen LogP contribution is 2.20. The molecule has 0 aliphatic rings. The van der Waals surface area contributed by atoms with Crippen LogP contribution in [0.25, 0.3) is 16.7 Å². The Bertz CT molecular complexity index is 542. The molecule has 4 nitrogen and oxygen atoms in total. The number of para-hydroxylation sites is 2. The second-order valence-electron chi connectivity index (χ2n) is 3.60. The lowest BCUT2D eigenvalue weighted by Crippen LogP contribution is -2.02. The van der Waals surface area contributed by atoms with Crippen molar-refractivity contribution in [1.29, 1.82) is 5.26 Å². The van der Waals surface area contributed by atoms with E-state index in [0.717, 1.165) is 5.52 Å². The van der Waals surface area contributed by atoms with Gasteiger partial charge in [0.25, 0.3) is 0 Å². The Kier molecular flexibility index (Phi) is 2.61. The third kappa shape index (κ3) is 1.89. The lowest BCUT2D eigenvalue weighted by atomic mass is 10.3. The van der Waals surface area contributed by atoms with Crippen LogP contribution in [0.5, 0.6) is 0 Å². The monoisotopic (exact) mass is 213 g/mol. The van der Waals surface area contributed by atoms with Crippen LogP contribution in [-0.4, -0.2) is 24.0 Å². The minimum Gasteiger partial charge on any atom is -0.435 e. The van der Waals surface area contributed by atoms with Crippen LogP contribution in [0.2, 0.25) is 0 Å². The number of rotatable bonds is 2. The van der Waals surface area contributed by atoms with Crippen molar-refractivity contribution >= 4 is 16.7 Å². The van der Waals surface area contributed by atoms with Crippen molar-refractivity contribution in [3.63, 3.8) is 0 Å². The molecule has 4 heteroatoms. The predicted molar refractivity (Wildman–Crippen MR) is 61.3 cm³/mol. The number of allylic oxidation sites excluding steroid dienone is 1. The third-order valence-electron chi connectivity index (χ3n) is 2.03. The van der Waals surface area contributed by atoms with Crippen molar-refractivity contribution in [2.75, 3.05) is 14.1 Å². The van der Waals surface area contributed by atoms with E-state index in [4.69, 9.17) is 9.68 Å². The number of benzene rings is 1. The normalized spacial score (nSPS) is 11.4. The van der Waals surface area contributed by atoms with Crippen LogP contribution in [0, 0.1) is 11.3 Å². The quantitative estimate of drug-likeness (QED) is 0.718. The Balaban J connectivity index is 2.51. The molecule has 2 aromatic rings. The molecule has 0 bridgehead atoms. The molecular weight excluding hydrogens is 202 g/mol. The zero-order valence-electron chi connectivity index (χ0n) is 9.14. The maximum absolute atomic E-state index is 9.01. The van der Waals surface area contributed by atoms with Crippen molar-refractivity contribution in [1.82, 2.24) is 9.88 Å². The highest BCUT2D eigenvalue weighted by molar-refractivity contribution is 5.79. The van der Waals surface area contributed by atoms with E-state index >= 15 is 0 Å². The van der Waals surface area contributed by atoms with Gasteiger partial charge in [-0.2, -0.15) is 5.26 Å². The number of aromatic nitrogens is 1. The lowest BCUT2D eigenvalue weighted by molar-refractivity contribution is 0.554. The van der Waals surface area contributed by atoms with Crippen LogP contribution in [0.1, 0.15) is 5.89 Å². The predicted octanol–water partition coefficient (Wildman–Crippen LogP) is 2.25. The minimum absolute atomic E-state index is 0.359. The molecular formula is C12H11N3O. The summed E-state index contributed by atoms with van der Waals surface area (Å²) in [5.74, 6) is 0.359. The Labute approximate surface area is 93.4 Å². The van der Waals surface area contributed by atoms with Crippen molar-refractivity contribution in [2.45, 2.75) is 0 Å². The van der Waals surface area contributed by atoms with Gasteiger partial charge in [-0.3, -0.25) is 0 Å². The van der Waals surface area contributed by atoms with Gasteiger partial charge in [0, 0.05) is 20.3 Å². The molecule has 80 valence electrons. The summed E-state index contributed by atoms with van der Waals surface area (Å²) < 4.78 is 5.49. The number of nitrogens with zero attached hydrogens (tertiary/aromatic N) is 3. The van der Waals surface area contributed by atoms with Gasteiger partial charge in [-0.15, -0.1) is 0 Å². The van der Waals surface area contributed by atoms with Crippen LogP contribution in [0.15, 0.2) is 34.9 Å². The minimum atomic E-state index is 0.359. The number of hydrogen-bond acceptors (Lipinski definition) is 4. The van der Waals surface area contributed by atoms with Crippen molar-refractivity contribution in [3.05, 3.63) is 36.4 Å². The maximum Gasteiger partial charge on any atom is 0.239 e. The fraction of sp³-hybridized carbons (Fsp3) is 0.167. The number of oxazole rings is 1. The number of hydrogen-bond donors (Lipinski definition) is 0. The maximum atomic E-state index is 9.01. The first-order valence-corrected chi connectivity index (χ1v) is 4.85. The Morgan fingerprint density at radius 3 is 2.81 bits per heavy atom. The summed E-state index contributed by atoms with van der Waals surface area (Å²) in [4.78, 5) is 6.04. The molecule has 0 fully saturated rings. The topological polar surface area (TPSA) is 53.1 Å². The van der Waals surface area contributed by atoms with E-state index in [1.807, 2.05) is 38.4 Å².